The molecule has 0 fully saturated rings. The molecule has 0 aliphatic carbocycles. The SMILES string of the molecule is CCOCCC(C)c1ccc2c(c1)OCO2. The lowest BCUT2D eigenvalue weighted by Crippen LogP contribution is -2.00. The summed E-state index contributed by atoms with van der Waals surface area (Å²) in [5, 5.41) is 0. The summed E-state index contributed by atoms with van der Waals surface area (Å²) in [6, 6.07) is 6.15. The normalized spacial score (nSPS) is 15.1. The van der Waals surface area contributed by atoms with Crippen molar-refractivity contribution in [2.45, 2.75) is 26.2 Å². The molecule has 0 aromatic heterocycles. The van der Waals surface area contributed by atoms with Crippen molar-refractivity contribution in [1.82, 2.24) is 0 Å². The van der Waals surface area contributed by atoms with E-state index in [2.05, 4.69) is 19.1 Å². The monoisotopic (exact) mass is 222 g/mol. The number of rotatable bonds is 5. The Morgan fingerprint density at radius 1 is 1.31 bits per heavy atom. The maximum absolute atomic E-state index is 5.36. The largest absolute Gasteiger partial charge is 0.454 e. The van der Waals surface area contributed by atoms with Gasteiger partial charge in [0, 0.05) is 13.2 Å². The third-order valence-electron chi connectivity index (χ3n) is 2.86. The molecule has 3 heteroatoms. The van der Waals surface area contributed by atoms with Gasteiger partial charge in [0.1, 0.15) is 0 Å². The van der Waals surface area contributed by atoms with Gasteiger partial charge in [0.15, 0.2) is 11.5 Å². The van der Waals surface area contributed by atoms with Gasteiger partial charge in [-0.25, -0.2) is 0 Å². The summed E-state index contributed by atoms with van der Waals surface area (Å²) in [6.45, 7) is 6.16. The van der Waals surface area contributed by atoms with Crippen molar-refractivity contribution < 1.29 is 14.2 Å². The fourth-order valence-corrected chi connectivity index (χ4v) is 1.79. The molecule has 0 N–H and O–H groups in total. The Bertz CT molecular complexity index is 349. The zero-order chi connectivity index (χ0) is 11.4. The van der Waals surface area contributed by atoms with Crippen LogP contribution in [-0.4, -0.2) is 20.0 Å². The molecule has 1 aliphatic rings. The highest BCUT2D eigenvalue weighted by atomic mass is 16.7. The van der Waals surface area contributed by atoms with Gasteiger partial charge in [-0.2, -0.15) is 0 Å². The zero-order valence-electron chi connectivity index (χ0n) is 9.86. The lowest BCUT2D eigenvalue weighted by molar-refractivity contribution is 0.141. The Balaban J connectivity index is 1.98. The number of hydrogen-bond donors (Lipinski definition) is 0. The first kappa shape index (κ1) is 11.3. The van der Waals surface area contributed by atoms with Crippen LogP contribution in [0.2, 0.25) is 0 Å². The van der Waals surface area contributed by atoms with E-state index in [0.717, 1.165) is 31.1 Å². The minimum absolute atomic E-state index is 0.339. The molecule has 0 bridgehead atoms. The molecule has 0 amide bonds. The Kier molecular flexibility index (Phi) is 3.67. The van der Waals surface area contributed by atoms with Crippen LogP contribution in [0.3, 0.4) is 0 Å². The minimum atomic E-state index is 0.339. The molecule has 0 radical (unpaired) electrons. The highest BCUT2D eigenvalue weighted by Crippen LogP contribution is 2.35. The van der Waals surface area contributed by atoms with Crippen molar-refractivity contribution in [1.29, 1.82) is 0 Å². The Morgan fingerprint density at radius 3 is 2.94 bits per heavy atom. The third-order valence-corrected chi connectivity index (χ3v) is 2.86. The first-order valence-electron chi connectivity index (χ1n) is 5.78. The van der Waals surface area contributed by atoms with E-state index in [1.54, 1.807) is 0 Å². The van der Waals surface area contributed by atoms with Crippen molar-refractivity contribution >= 4 is 0 Å². The standard InChI is InChI=1S/C13H18O3/c1-3-14-7-6-10(2)11-4-5-12-13(8-11)16-9-15-12/h4-5,8,10H,3,6-7,9H2,1-2H3. The Hall–Kier alpha value is -1.22. The van der Waals surface area contributed by atoms with E-state index in [9.17, 15) is 0 Å². The summed E-state index contributed by atoms with van der Waals surface area (Å²) in [5.41, 5.74) is 1.28. The van der Waals surface area contributed by atoms with Crippen LogP contribution in [0.1, 0.15) is 31.7 Å². The number of fused-ring (bicyclic) bond motifs is 1. The molecule has 1 unspecified atom stereocenters. The quantitative estimate of drug-likeness (QED) is 0.717. The summed E-state index contributed by atoms with van der Waals surface area (Å²) in [6.07, 6.45) is 1.04. The predicted molar refractivity (Wildman–Crippen MR) is 62.1 cm³/mol. The van der Waals surface area contributed by atoms with Crippen molar-refractivity contribution in [3.05, 3.63) is 23.8 Å². The molecule has 1 heterocycles. The van der Waals surface area contributed by atoms with Gasteiger partial charge < -0.3 is 14.2 Å². The predicted octanol–water partition coefficient (Wildman–Crippen LogP) is 2.95. The van der Waals surface area contributed by atoms with Crippen molar-refractivity contribution in [3.8, 4) is 11.5 Å². The molecule has 0 saturated carbocycles. The highest BCUT2D eigenvalue weighted by Gasteiger charge is 2.15. The van der Waals surface area contributed by atoms with E-state index in [1.807, 2.05) is 13.0 Å². The van der Waals surface area contributed by atoms with Gasteiger partial charge in [0.25, 0.3) is 0 Å². The van der Waals surface area contributed by atoms with Gasteiger partial charge >= 0.3 is 0 Å². The van der Waals surface area contributed by atoms with E-state index in [4.69, 9.17) is 14.2 Å². The highest BCUT2D eigenvalue weighted by molar-refractivity contribution is 5.45. The van der Waals surface area contributed by atoms with E-state index in [-0.39, 0.29) is 0 Å². The number of hydrogen-bond acceptors (Lipinski definition) is 3. The average Bonchev–Trinajstić information content (AvgIpc) is 2.76. The number of benzene rings is 1. The minimum Gasteiger partial charge on any atom is -0.454 e. The van der Waals surface area contributed by atoms with Crippen LogP contribution >= 0.6 is 0 Å². The lowest BCUT2D eigenvalue weighted by Gasteiger charge is -2.12. The molecule has 3 nitrogen and oxygen atoms in total. The average molecular weight is 222 g/mol. The summed E-state index contributed by atoms with van der Waals surface area (Å²) in [7, 11) is 0. The van der Waals surface area contributed by atoms with Crippen molar-refractivity contribution in [3.63, 3.8) is 0 Å². The summed E-state index contributed by atoms with van der Waals surface area (Å²) in [4.78, 5) is 0. The van der Waals surface area contributed by atoms with Crippen molar-refractivity contribution in [2.24, 2.45) is 0 Å². The van der Waals surface area contributed by atoms with E-state index < -0.39 is 0 Å². The fraction of sp³-hybridized carbons (Fsp3) is 0.538. The lowest BCUT2D eigenvalue weighted by atomic mass is 9.98. The maximum Gasteiger partial charge on any atom is 0.231 e. The molecular formula is C13H18O3. The Morgan fingerprint density at radius 2 is 2.12 bits per heavy atom. The van der Waals surface area contributed by atoms with E-state index >= 15 is 0 Å². The Labute approximate surface area is 96.3 Å². The topological polar surface area (TPSA) is 27.7 Å². The number of ether oxygens (including phenoxy) is 3. The van der Waals surface area contributed by atoms with Crippen LogP contribution in [0.15, 0.2) is 18.2 Å². The first-order chi connectivity index (χ1) is 7.81. The molecule has 88 valence electrons. The third kappa shape index (κ3) is 2.47. The van der Waals surface area contributed by atoms with Crippen LogP contribution < -0.4 is 9.47 Å². The van der Waals surface area contributed by atoms with Crippen LogP contribution in [0, 0.1) is 0 Å². The maximum atomic E-state index is 5.36. The van der Waals surface area contributed by atoms with Gasteiger partial charge in [0.05, 0.1) is 0 Å². The summed E-state index contributed by atoms with van der Waals surface area (Å²) < 4.78 is 16.0. The van der Waals surface area contributed by atoms with Crippen LogP contribution in [0.25, 0.3) is 0 Å². The van der Waals surface area contributed by atoms with Gasteiger partial charge in [-0.15, -0.1) is 0 Å². The zero-order valence-corrected chi connectivity index (χ0v) is 9.86. The van der Waals surface area contributed by atoms with Crippen LogP contribution in [-0.2, 0) is 4.74 Å². The second kappa shape index (κ2) is 5.21. The van der Waals surface area contributed by atoms with E-state index in [1.165, 1.54) is 5.56 Å². The molecule has 1 atom stereocenters. The fourth-order valence-electron chi connectivity index (χ4n) is 1.79. The molecule has 1 aromatic carbocycles. The molecule has 0 saturated heterocycles. The first-order valence-corrected chi connectivity index (χ1v) is 5.78. The molecule has 0 spiro atoms. The van der Waals surface area contributed by atoms with Gasteiger partial charge in [-0.3, -0.25) is 0 Å². The van der Waals surface area contributed by atoms with Crippen LogP contribution in [0.4, 0.5) is 0 Å². The van der Waals surface area contributed by atoms with Crippen molar-refractivity contribution in [2.75, 3.05) is 20.0 Å². The van der Waals surface area contributed by atoms with Gasteiger partial charge in [-0.1, -0.05) is 13.0 Å². The summed E-state index contributed by atoms with van der Waals surface area (Å²) >= 11 is 0. The molecule has 16 heavy (non-hydrogen) atoms. The molecule has 1 aromatic rings. The molecular weight excluding hydrogens is 204 g/mol. The smallest absolute Gasteiger partial charge is 0.231 e. The van der Waals surface area contributed by atoms with Crippen LogP contribution in [0.5, 0.6) is 11.5 Å². The second-order valence-corrected chi connectivity index (χ2v) is 4.00. The van der Waals surface area contributed by atoms with E-state index in [0.29, 0.717) is 12.7 Å². The van der Waals surface area contributed by atoms with Gasteiger partial charge in [0.2, 0.25) is 6.79 Å². The molecule has 2 rings (SSSR count). The van der Waals surface area contributed by atoms with Gasteiger partial charge in [-0.05, 0) is 37.0 Å². The summed E-state index contributed by atoms with van der Waals surface area (Å²) in [5.74, 6) is 2.20. The second-order valence-electron chi connectivity index (χ2n) is 4.00. The molecule has 1 aliphatic heterocycles.